The van der Waals surface area contributed by atoms with Gasteiger partial charge in [-0.25, -0.2) is 4.39 Å². The smallest absolute Gasteiger partial charge is 0.257 e. The molecule has 0 saturated heterocycles. The molecule has 3 rings (SSSR count). The van der Waals surface area contributed by atoms with E-state index in [1.165, 1.54) is 23.5 Å². The third-order valence-corrected chi connectivity index (χ3v) is 4.77. The first-order chi connectivity index (χ1) is 10.5. The number of rotatable bonds is 2. The molecule has 0 spiro atoms. The number of nitrogen functional groups attached to an aromatic ring is 1. The molecule has 7 heteroatoms. The molecule has 2 aromatic rings. The van der Waals surface area contributed by atoms with Crippen LogP contribution in [0.4, 0.5) is 9.39 Å². The van der Waals surface area contributed by atoms with Gasteiger partial charge in [-0.05, 0) is 24.1 Å². The van der Waals surface area contributed by atoms with Crippen LogP contribution in [0.5, 0.6) is 0 Å². The first kappa shape index (κ1) is 14.5. The van der Waals surface area contributed by atoms with Crippen molar-refractivity contribution in [1.82, 2.24) is 4.90 Å². The zero-order chi connectivity index (χ0) is 15.9. The van der Waals surface area contributed by atoms with E-state index >= 15 is 0 Å². The van der Waals surface area contributed by atoms with Crippen molar-refractivity contribution in [2.45, 2.75) is 13.0 Å². The number of carbonyl (C=O) groups excluding carboxylic acids is 2. The summed E-state index contributed by atoms with van der Waals surface area (Å²) in [5.74, 6) is -1.46. The van der Waals surface area contributed by atoms with Crippen molar-refractivity contribution in [1.29, 1.82) is 0 Å². The standard InChI is InChI=1S/C15H14FN3O2S/c16-10-4-2-1-3-8(10)15(21)19-6-5-9-11(7-19)22-14(18)12(9)13(17)20/h1-4H,5-7,18H2,(H2,17,20). The number of hydrogen-bond donors (Lipinski definition) is 2. The molecule has 0 fully saturated rings. The van der Waals surface area contributed by atoms with Crippen LogP contribution in [0.15, 0.2) is 24.3 Å². The molecule has 114 valence electrons. The van der Waals surface area contributed by atoms with Crippen molar-refractivity contribution in [2.75, 3.05) is 12.3 Å². The number of hydrogen-bond acceptors (Lipinski definition) is 4. The molecule has 1 aliphatic heterocycles. The average molecular weight is 319 g/mol. The number of primary amides is 1. The number of benzene rings is 1. The Labute approximate surface area is 130 Å². The van der Waals surface area contributed by atoms with Crippen LogP contribution in [0.3, 0.4) is 0 Å². The second-order valence-electron chi connectivity index (χ2n) is 5.06. The third-order valence-electron chi connectivity index (χ3n) is 3.72. The molecule has 1 aromatic carbocycles. The van der Waals surface area contributed by atoms with Gasteiger partial charge in [0.05, 0.1) is 22.7 Å². The molecule has 1 aromatic heterocycles. The van der Waals surface area contributed by atoms with Crippen LogP contribution in [0.1, 0.15) is 31.2 Å². The third kappa shape index (κ3) is 2.33. The molecule has 4 N–H and O–H groups in total. The van der Waals surface area contributed by atoms with Crippen LogP contribution < -0.4 is 11.5 Å². The van der Waals surface area contributed by atoms with Crippen molar-refractivity contribution in [3.05, 3.63) is 51.7 Å². The van der Waals surface area contributed by atoms with Gasteiger partial charge in [-0.2, -0.15) is 0 Å². The van der Waals surface area contributed by atoms with Crippen LogP contribution in [0, 0.1) is 5.82 Å². The Kier molecular flexibility index (Phi) is 3.58. The lowest BCUT2D eigenvalue weighted by molar-refractivity contribution is 0.0732. The maximum absolute atomic E-state index is 13.7. The minimum Gasteiger partial charge on any atom is -0.390 e. The highest BCUT2D eigenvalue weighted by atomic mass is 32.1. The molecule has 0 aliphatic carbocycles. The highest BCUT2D eigenvalue weighted by molar-refractivity contribution is 7.16. The second-order valence-corrected chi connectivity index (χ2v) is 6.20. The van der Waals surface area contributed by atoms with Crippen LogP contribution in [0.2, 0.25) is 0 Å². The van der Waals surface area contributed by atoms with E-state index in [9.17, 15) is 14.0 Å². The van der Waals surface area contributed by atoms with Gasteiger partial charge in [-0.15, -0.1) is 11.3 Å². The first-order valence-electron chi connectivity index (χ1n) is 6.72. The van der Waals surface area contributed by atoms with Crippen LogP contribution in [-0.4, -0.2) is 23.3 Å². The zero-order valence-corrected chi connectivity index (χ0v) is 12.5. The molecular weight excluding hydrogens is 305 g/mol. The van der Waals surface area contributed by atoms with E-state index in [0.717, 1.165) is 10.4 Å². The van der Waals surface area contributed by atoms with E-state index in [-0.39, 0.29) is 11.5 Å². The maximum atomic E-state index is 13.7. The molecule has 0 bridgehead atoms. The summed E-state index contributed by atoms with van der Waals surface area (Å²) in [6, 6.07) is 5.89. The van der Waals surface area contributed by atoms with Gasteiger partial charge in [0, 0.05) is 11.4 Å². The molecular formula is C15H14FN3O2S. The molecule has 0 radical (unpaired) electrons. The van der Waals surface area contributed by atoms with E-state index < -0.39 is 11.7 Å². The summed E-state index contributed by atoms with van der Waals surface area (Å²) in [6.07, 6.45) is 0.488. The SMILES string of the molecule is NC(=O)c1c(N)sc2c1CCN(C(=O)c1ccccc1F)C2. The van der Waals surface area contributed by atoms with Crippen molar-refractivity contribution in [2.24, 2.45) is 5.73 Å². The highest BCUT2D eigenvalue weighted by Crippen LogP contribution is 2.35. The quantitative estimate of drug-likeness (QED) is 0.884. The minimum atomic E-state index is -0.552. The summed E-state index contributed by atoms with van der Waals surface area (Å²) in [4.78, 5) is 26.3. The van der Waals surface area contributed by atoms with Gasteiger partial charge in [0.15, 0.2) is 0 Å². The zero-order valence-electron chi connectivity index (χ0n) is 11.6. The summed E-state index contributed by atoms with van der Waals surface area (Å²) in [5, 5.41) is 0.373. The lowest BCUT2D eigenvalue weighted by atomic mass is 10.0. The fourth-order valence-electron chi connectivity index (χ4n) is 2.67. The Bertz CT molecular complexity index is 772. The topological polar surface area (TPSA) is 89.4 Å². The van der Waals surface area contributed by atoms with E-state index in [0.29, 0.717) is 30.1 Å². The number of anilines is 1. The minimum absolute atomic E-state index is 0.0469. The van der Waals surface area contributed by atoms with Gasteiger partial charge < -0.3 is 16.4 Å². The number of thiophene rings is 1. The number of fused-ring (bicyclic) bond motifs is 1. The Balaban J connectivity index is 1.89. The van der Waals surface area contributed by atoms with Gasteiger partial charge in [-0.1, -0.05) is 12.1 Å². The van der Waals surface area contributed by atoms with Crippen molar-refractivity contribution >= 4 is 28.2 Å². The molecule has 0 atom stereocenters. The monoisotopic (exact) mass is 319 g/mol. The number of halogens is 1. The molecule has 2 amide bonds. The molecule has 1 aliphatic rings. The summed E-state index contributed by atoms with van der Waals surface area (Å²) in [5.41, 5.74) is 12.4. The molecule has 22 heavy (non-hydrogen) atoms. The lowest BCUT2D eigenvalue weighted by Crippen LogP contribution is -2.36. The number of carbonyl (C=O) groups is 2. The van der Waals surface area contributed by atoms with Crippen LogP contribution in [0.25, 0.3) is 0 Å². The Morgan fingerprint density at radius 1 is 1.27 bits per heavy atom. The lowest BCUT2D eigenvalue weighted by Gasteiger charge is -2.27. The van der Waals surface area contributed by atoms with E-state index in [4.69, 9.17) is 11.5 Å². The number of nitrogens with zero attached hydrogens (tertiary/aromatic N) is 1. The molecule has 5 nitrogen and oxygen atoms in total. The highest BCUT2D eigenvalue weighted by Gasteiger charge is 2.29. The summed E-state index contributed by atoms with van der Waals surface area (Å²) >= 11 is 1.25. The summed E-state index contributed by atoms with van der Waals surface area (Å²) in [7, 11) is 0. The van der Waals surface area contributed by atoms with Gasteiger partial charge in [0.25, 0.3) is 11.8 Å². The predicted molar refractivity (Wildman–Crippen MR) is 82.1 cm³/mol. The first-order valence-corrected chi connectivity index (χ1v) is 7.54. The number of amides is 2. The Morgan fingerprint density at radius 2 is 2.00 bits per heavy atom. The van der Waals surface area contributed by atoms with Crippen molar-refractivity contribution in [3.8, 4) is 0 Å². The Hall–Kier alpha value is -2.41. The Morgan fingerprint density at radius 3 is 2.68 bits per heavy atom. The van der Waals surface area contributed by atoms with Crippen LogP contribution >= 0.6 is 11.3 Å². The normalized spacial score (nSPS) is 13.8. The predicted octanol–water partition coefficient (Wildman–Crippen LogP) is 1.77. The van der Waals surface area contributed by atoms with Gasteiger partial charge in [0.2, 0.25) is 0 Å². The van der Waals surface area contributed by atoms with Crippen LogP contribution in [-0.2, 0) is 13.0 Å². The fourth-order valence-corrected chi connectivity index (χ4v) is 3.81. The largest absolute Gasteiger partial charge is 0.390 e. The fraction of sp³-hybridized carbons (Fsp3) is 0.200. The molecule has 2 heterocycles. The van der Waals surface area contributed by atoms with Crippen molar-refractivity contribution in [3.63, 3.8) is 0 Å². The molecule has 0 unspecified atom stereocenters. The van der Waals surface area contributed by atoms with E-state index in [1.54, 1.807) is 17.0 Å². The summed E-state index contributed by atoms with van der Waals surface area (Å²) in [6.45, 7) is 0.710. The number of nitrogens with two attached hydrogens (primary N) is 2. The van der Waals surface area contributed by atoms with Crippen molar-refractivity contribution < 1.29 is 14.0 Å². The maximum Gasteiger partial charge on any atom is 0.257 e. The second kappa shape index (κ2) is 5.42. The van der Waals surface area contributed by atoms with Gasteiger partial charge in [0.1, 0.15) is 5.82 Å². The average Bonchev–Trinajstić information content (AvgIpc) is 2.82. The van der Waals surface area contributed by atoms with Gasteiger partial charge >= 0.3 is 0 Å². The van der Waals surface area contributed by atoms with Gasteiger partial charge in [-0.3, -0.25) is 9.59 Å². The summed E-state index contributed by atoms with van der Waals surface area (Å²) < 4.78 is 13.7. The molecule has 0 saturated carbocycles. The van der Waals surface area contributed by atoms with E-state index in [1.807, 2.05) is 0 Å². The van der Waals surface area contributed by atoms with E-state index in [2.05, 4.69) is 0 Å².